The quantitative estimate of drug-likeness (QED) is 0.568. The lowest BCUT2D eigenvalue weighted by Crippen LogP contribution is -2.44. The van der Waals surface area contributed by atoms with Crippen molar-refractivity contribution in [3.63, 3.8) is 0 Å². The highest BCUT2D eigenvalue weighted by atomic mass is 16.5. The second-order valence-electron chi connectivity index (χ2n) is 3.62. The SMILES string of the molecule is Nc1ccc(OC2(N)C=CC=CC2)cc1. The van der Waals surface area contributed by atoms with Crippen molar-refractivity contribution in [3.05, 3.63) is 48.6 Å². The van der Waals surface area contributed by atoms with Gasteiger partial charge in [-0.2, -0.15) is 0 Å². The van der Waals surface area contributed by atoms with Gasteiger partial charge >= 0.3 is 0 Å². The molecule has 0 radical (unpaired) electrons. The third kappa shape index (κ3) is 2.39. The van der Waals surface area contributed by atoms with Crippen LogP contribution in [0.25, 0.3) is 0 Å². The lowest BCUT2D eigenvalue weighted by Gasteiger charge is -2.27. The van der Waals surface area contributed by atoms with Crippen LogP contribution in [-0.4, -0.2) is 5.72 Å². The van der Waals surface area contributed by atoms with Gasteiger partial charge in [0.25, 0.3) is 0 Å². The number of ether oxygens (including phenoxy) is 1. The van der Waals surface area contributed by atoms with E-state index in [0.717, 1.165) is 5.75 Å². The molecular weight excluding hydrogens is 188 g/mol. The highest BCUT2D eigenvalue weighted by Gasteiger charge is 2.23. The van der Waals surface area contributed by atoms with Crippen LogP contribution in [0.5, 0.6) is 5.75 Å². The van der Waals surface area contributed by atoms with Crippen molar-refractivity contribution in [2.45, 2.75) is 12.1 Å². The van der Waals surface area contributed by atoms with Crippen molar-refractivity contribution in [3.8, 4) is 5.75 Å². The van der Waals surface area contributed by atoms with Gasteiger partial charge in [0.05, 0.1) is 0 Å². The van der Waals surface area contributed by atoms with Crippen molar-refractivity contribution in [1.82, 2.24) is 0 Å². The summed E-state index contributed by atoms with van der Waals surface area (Å²) < 4.78 is 5.68. The molecule has 78 valence electrons. The van der Waals surface area contributed by atoms with Crippen LogP contribution >= 0.6 is 0 Å². The van der Waals surface area contributed by atoms with Gasteiger partial charge in [0.1, 0.15) is 5.75 Å². The smallest absolute Gasteiger partial charge is 0.181 e. The molecule has 0 saturated heterocycles. The summed E-state index contributed by atoms with van der Waals surface area (Å²) in [5.74, 6) is 0.728. The van der Waals surface area contributed by atoms with Gasteiger partial charge in [-0.05, 0) is 30.3 Å². The monoisotopic (exact) mass is 202 g/mol. The summed E-state index contributed by atoms with van der Waals surface area (Å²) in [7, 11) is 0. The molecule has 0 aliphatic heterocycles. The maximum absolute atomic E-state index is 6.04. The number of nitrogens with two attached hydrogens (primary N) is 2. The summed E-state index contributed by atoms with van der Waals surface area (Å²) >= 11 is 0. The maximum atomic E-state index is 6.04. The molecule has 1 aromatic rings. The Morgan fingerprint density at radius 2 is 1.87 bits per heavy atom. The standard InChI is InChI=1S/C12H14N2O/c13-10-4-6-11(7-5-10)15-12(14)8-2-1-3-9-12/h1-8H,9,13-14H2. The van der Waals surface area contributed by atoms with E-state index in [1.807, 2.05) is 36.4 Å². The van der Waals surface area contributed by atoms with Crippen LogP contribution in [-0.2, 0) is 0 Å². The average molecular weight is 202 g/mol. The van der Waals surface area contributed by atoms with E-state index in [0.29, 0.717) is 12.1 Å². The molecule has 0 fully saturated rings. The zero-order valence-electron chi connectivity index (χ0n) is 8.39. The Labute approximate surface area is 89.0 Å². The molecule has 0 amide bonds. The molecule has 3 nitrogen and oxygen atoms in total. The van der Waals surface area contributed by atoms with E-state index in [1.165, 1.54) is 0 Å². The summed E-state index contributed by atoms with van der Waals surface area (Å²) in [6.45, 7) is 0. The predicted octanol–water partition coefficient (Wildman–Crippen LogP) is 1.82. The lowest BCUT2D eigenvalue weighted by molar-refractivity contribution is 0.129. The molecule has 1 aromatic carbocycles. The first kappa shape index (κ1) is 9.80. The Bertz CT molecular complexity index is 395. The van der Waals surface area contributed by atoms with Crippen molar-refractivity contribution in [2.75, 3.05) is 5.73 Å². The molecule has 4 N–H and O–H groups in total. The van der Waals surface area contributed by atoms with Gasteiger partial charge in [0.15, 0.2) is 5.72 Å². The largest absolute Gasteiger partial charge is 0.469 e. The highest BCUT2D eigenvalue weighted by molar-refractivity contribution is 5.42. The zero-order chi connectivity index (χ0) is 10.7. The van der Waals surface area contributed by atoms with Crippen molar-refractivity contribution >= 4 is 5.69 Å². The van der Waals surface area contributed by atoms with Crippen LogP contribution in [0.1, 0.15) is 6.42 Å². The molecule has 1 aliphatic carbocycles. The third-order valence-corrected chi connectivity index (χ3v) is 2.25. The first-order valence-electron chi connectivity index (χ1n) is 4.86. The summed E-state index contributed by atoms with van der Waals surface area (Å²) in [5, 5.41) is 0. The van der Waals surface area contributed by atoms with E-state index in [9.17, 15) is 0 Å². The second kappa shape index (κ2) is 3.79. The molecule has 1 unspecified atom stereocenters. The summed E-state index contributed by atoms with van der Waals surface area (Å²) in [5.41, 5.74) is 11.6. The van der Waals surface area contributed by atoms with Gasteiger partial charge in [-0.25, -0.2) is 0 Å². The molecule has 2 rings (SSSR count). The number of hydrogen-bond acceptors (Lipinski definition) is 3. The fourth-order valence-corrected chi connectivity index (χ4v) is 1.45. The molecule has 15 heavy (non-hydrogen) atoms. The van der Waals surface area contributed by atoms with Gasteiger partial charge in [-0.3, -0.25) is 5.73 Å². The topological polar surface area (TPSA) is 61.3 Å². The number of anilines is 1. The molecule has 1 atom stereocenters. The Kier molecular flexibility index (Phi) is 2.47. The van der Waals surface area contributed by atoms with Gasteiger partial charge in [-0.1, -0.05) is 18.2 Å². The fourth-order valence-electron chi connectivity index (χ4n) is 1.45. The molecule has 0 heterocycles. The zero-order valence-corrected chi connectivity index (χ0v) is 8.39. The number of benzene rings is 1. The van der Waals surface area contributed by atoms with Crippen molar-refractivity contribution in [1.29, 1.82) is 0 Å². The van der Waals surface area contributed by atoms with Crippen LogP contribution in [0.3, 0.4) is 0 Å². The van der Waals surface area contributed by atoms with Gasteiger partial charge < -0.3 is 10.5 Å². The Morgan fingerprint density at radius 3 is 2.47 bits per heavy atom. The summed E-state index contributed by atoms with van der Waals surface area (Å²) in [6.07, 6.45) is 8.35. The molecule has 0 bridgehead atoms. The number of nitrogen functional groups attached to an aromatic ring is 1. The molecule has 1 aliphatic rings. The average Bonchev–Trinajstić information content (AvgIpc) is 2.22. The summed E-state index contributed by atoms with van der Waals surface area (Å²) in [6, 6.07) is 7.22. The minimum atomic E-state index is -0.731. The van der Waals surface area contributed by atoms with Gasteiger partial charge in [-0.15, -0.1) is 0 Å². The van der Waals surface area contributed by atoms with Gasteiger partial charge in [0.2, 0.25) is 0 Å². The Balaban J connectivity index is 2.11. The van der Waals surface area contributed by atoms with E-state index in [2.05, 4.69) is 0 Å². The highest BCUT2D eigenvalue weighted by Crippen LogP contribution is 2.22. The Hall–Kier alpha value is -1.74. The number of allylic oxidation sites excluding steroid dienone is 2. The molecule has 0 aromatic heterocycles. The van der Waals surface area contributed by atoms with Crippen LogP contribution in [0.15, 0.2) is 48.6 Å². The Morgan fingerprint density at radius 1 is 1.13 bits per heavy atom. The third-order valence-electron chi connectivity index (χ3n) is 2.25. The van der Waals surface area contributed by atoms with Gasteiger partial charge in [0, 0.05) is 12.1 Å². The molecule has 3 heteroatoms. The van der Waals surface area contributed by atoms with Crippen LogP contribution in [0.4, 0.5) is 5.69 Å². The minimum Gasteiger partial charge on any atom is -0.469 e. The van der Waals surface area contributed by atoms with Crippen molar-refractivity contribution in [2.24, 2.45) is 5.73 Å². The van der Waals surface area contributed by atoms with E-state index in [4.69, 9.17) is 16.2 Å². The molecular formula is C12H14N2O. The predicted molar refractivity (Wildman–Crippen MR) is 61.3 cm³/mol. The minimum absolute atomic E-state index is 0.674. The van der Waals surface area contributed by atoms with E-state index >= 15 is 0 Å². The number of hydrogen-bond donors (Lipinski definition) is 2. The van der Waals surface area contributed by atoms with Crippen LogP contribution < -0.4 is 16.2 Å². The van der Waals surface area contributed by atoms with Crippen LogP contribution in [0, 0.1) is 0 Å². The second-order valence-corrected chi connectivity index (χ2v) is 3.62. The number of rotatable bonds is 2. The first-order valence-corrected chi connectivity index (χ1v) is 4.86. The normalized spacial score (nSPS) is 24.1. The van der Waals surface area contributed by atoms with Crippen molar-refractivity contribution < 1.29 is 4.74 Å². The lowest BCUT2D eigenvalue weighted by atomic mass is 10.1. The summed E-state index contributed by atoms with van der Waals surface area (Å²) in [4.78, 5) is 0. The van der Waals surface area contributed by atoms with E-state index in [-0.39, 0.29) is 0 Å². The van der Waals surface area contributed by atoms with Crippen LogP contribution in [0.2, 0.25) is 0 Å². The maximum Gasteiger partial charge on any atom is 0.181 e. The first-order chi connectivity index (χ1) is 7.18. The molecule has 0 spiro atoms. The van der Waals surface area contributed by atoms with E-state index in [1.54, 1.807) is 12.1 Å². The van der Waals surface area contributed by atoms with E-state index < -0.39 is 5.72 Å². The molecule has 0 saturated carbocycles. The fraction of sp³-hybridized carbons (Fsp3) is 0.167.